The van der Waals surface area contributed by atoms with Crippen LogP contribution in [0.3, 0.4) is 0 Å². The number of fused-ring (bicyclic) bond motifs is 1. The van der Waals surface area contributed by atoms with Crippen molar-refractivity contribution in [2.45, 2.75) is 25.7 Å². The van der Waals surface area contributed by atoms with E-state index >= 15 is 0 Å². The Labute approximate surface area is 219 Å². The Morgan fingerprint density at radius 1 is 1.16 bits per heavy atom. The Morgan fingerprint density at radius 2 is 2.00 bits per heavy atom. The minimum atomic E-state index is -0.135. The standard InChI is InChI=1S/C29H27N3O4S/c1-34-25-6-4-5-22(27(25)36-19-20-7-8-20)11-14-24-26(28(33)32-16-18-37-29(32)31-24)21-9-12-23(13-10-21)35-17-3-2-15-30/h4-6,9-14,16,18,20H,2-3,7-8,17,19H2,1H3/b14-11+. The molecule has 37 heavy (non-hydrogen) atoms. The molecule has 4 aromatic rings. The van der Waals surface area contributed by atoms with Crippen molar-refractivity contribution < 1.29 is 14.2 Å². The van der Waals surface area contributed by atoms with Gasteiger partial charge >= 0.3 is 0 Å². The Hall–Kier alpha value is -4.09. The van der Waals surface area contributed by atoms with Crippen molar-refractivity contribution in [2.24, 2.45) is 5.92 Å². The molecule has 0 N–H and O–H groups in total. The second-order valence-electron chi connectivity index (χ2n) is 8.83. The molecule has 1 aliphatic carbocycles. The predicted molar refractivity (Wildman–Crippen MR) is 145 cm³/mol. The van der Waals surface area contributed by atoms with Crippen LogP contribution in [-0.4, -0.2) is 29.7 Å². The zero-order valence-electron chi connectivity index (χ0n) is 20.6. The molecule has 8 heteroatoms. The highest BCUT2D eigenvalue weighted by Crippen LogP contribution is 2.36. The van der Waals surface area contributed by atoms with Crippen LogP contribution in [-0.2, 0) is 0 Å². The maximum absolute atomic E-state index is 13.5. The number of rotatable bonds is 11. The van der Waals surface area contributed by atoms with E-state index in [4.69, 9.17) is 24.5 Å². The van der Waals surface area contributed by atoms with Gasteiger partial charge in [-0.25, -0.2) is 4.98 Å². The lowest BCUT2D eigenvalue weighted by Gasteiger charge is -2.13. The van der Waals surface area contributed by atoms with E-state index in [0.29, 0.717) is 65.4 Å². The molecule has 2 aromatic heterocycles. The number of hydrogen-bond acceptors (Lipinski definition) is 7. The minimum absolute atomic E-state index is 0.135. The van der Waals surface area contributed by atoms with Gasteiger partial charge in [0.15, 0.2) is 16.5 Å². The molecule has 1 aliphatic rings. The molecule has 0 aliphatic heterocycles. The number of methoxy groups -OCH3 is 1. The third kappa shape index (κ3) is 5.68. The van der Waals surface area contributed by atoms with Crippen LogP contribution in [0.25, 0.3) is 28.2 Å². The summed E-state index contributed by atoms with van der Waals surface area (Å²) in [7, 11) is 1.63. The van der Waals surface area contributed by atoms with Crippen molar-refractivity contribution in [3.63, 3.8) is 0 Å². The van der Waals surface area contributed by atoms with Crippen LogP contribution in [0.2, 0.25) is 0 Å². The summed E-state index contributed by atoms with van der Waals surface area (Å²) < 4.78 is 19.0. The van der Waals surface area contributed by atoms with E-state index in [9.17, 15) is 4.79 Å². The highest BCUT2D eigenvalue weighted by molar-refractivity contribution is 7.15. The molecule has 2 aromatic carbocycles. The summed E-state index contributed by atoms with van der Waals surface area (Å²) in [5.74, 6) is 2.67. The molecule has 0 radical (unpaired) electrons. The van der Waals surface area contributed by atoms with Crippen LogP contribution in [0.5, 0.6) is 17.2 Å². The second-order valence-corrected chi connectivity index (χ2v) is 9.71. The first-order valence-corrected chi connectivity index (χ1v) is 13.1. The fourth-order valence-corrected chi connectivity index (χ4v) is 4.69. The molecule has 7 nitrogen and oxygen atoms in total. The number of hydrogen-bond donors (Lipinski definition) is 0. The number of thiazole rings is 1. The van der Waals surface area contributed by atoms with Crippen molar-refractivity contribution in [3.05, 3.63) is 75.7 Å². The maximum Gasteiger partial charge on any atom is 0.266 e. The van der Waals surface area contributed by atoms with Crippen molar-refractivity contribution in [3.8, 4) is 34.4 Å². The number of unbranched alkanes of at least 4 members (excludes halogenated alkanes) is 1. The summed E-state index contributed by atoms with van der Waals surface area (Å²) in [4.78, 5) is 18.9. The average molecular weight is 514 g/mol. The predicted octanol–water partition coefficient (Wildman–Crippen LogP) is 6.07. The normalized spacial score (nSPS) is 13.1. The van der Waals surface area contributed by atoms with E-state index in [2.05, 4.69) is 6.07 Å². The van der Waals surface area contributed by atoms with Crippen LogP contribution < -0.4 is 19.8 Å². The topological polar surface area (TPSA) is 85.9 Å². The van der Waals surface area contributed by atoms with Gasteiger partial charge in [0.1, 0.15) is 5.75 Å². The van der Waals surface area contributed by atoms with Gasteiger partial charge in [-0.1, -0.05) is 24.3 Å². The Bertz CT molecular complexity index is 1510. The number of aromatic nitrogens is 2. The van der Waals surface area contributed by atoms with Gasteiger partial charge in [-0.2, -0.15) is 5.26 Å². The van der Waals surface area contributed by atoms with Gasteiger partial charge in [0.2, 0.25) is 0 Å². The molecule has 0 spiro atoms. The molecule has 0 bridgehead atoms. The molecule has 1 saturated carbocycles. The third-order valence-electron chi connectivity index (χ3n) is 6.15. The quantitative estimate of drug-likeness (QED) is 0.226. The van der Waals surface area contributed by atoms with Crippen LogP contribution in [0, 0.1) is 17.2 Å². The van der Waals surface area contributed by atoms with Crippen LogP contribution in [0.1, 0.15) is 36.9 Å². The fourth-order valence-electron chi connectivity index (χ4n) is 3.98. The Balaban J connectivity index is 1.49. The van der Waals surface area contributed by atoms with Crippen molar-refractivity contribution in [1.82, 2.24) is 9.38 Å². The van der Waals surface area contributed by atoms with Crippen LogP contribution in [0.15, 0.2) is 58.8 Å². The Morgan fingerprint density at radius 3 is 2.76 bits per heavy atom. The molecule has 0 atom stereocenters. The van der Waals surface area contributed by atoms with E-state index < -0.39 is 0 Å². The first-order chi connectivity index (χ1) is 18.2. The van der Waals surface area contributed by atoms with Crippen molar-refractivity contribution >= 4 is 28.4 Å². The van der Waals surface area contributed by atoms with Gasteiger partial charge in [-0.3, -0.25) is 9.20 Å². The number of ether oxygens (including phenoxy) is 3. The highest BCUT2D eigenvalue weighted by Gasteiger charge is 2.23. The van der Waals surface area contributed by atoms with Gasteiger partial charge in [0, 0.05) is 23.6 Å². The van der Waals surface area contributed by atoms with Gasteiger partial charge in [0.05, 0.1) is 37.7 Å². The van der Waals surface area contributed by atoms with Crippen LogP contribution >= 0.6 is 11.3 Å². The molecular weight excluding hydrogens is 486 g/mol. The summed E-state index contributed by atoms with van der Waals surface area (Å²) in [5, 5.41) is 10.5. The lowest BCUT2D eigenvalue weighted by atomic mass is 10.0. The zero-order chi connectivity index (χ0) is 25.6. The number of nitriles is 1. The van der Waals surface area contributed by atoms with Gasteiger partial charge < -0.3 is 14.2 Å². The molecule has 188 valence electrons. The molecule has 0 amide bonds. The third-order valence-corrected chi connectivity index (χ3v) is 6.91. The van der Waals surface area contributed by atoms with Gasteiger partial charge in [0.25, 0.3) is 5.56 Å². The van der Waals surface area contributed by atoms with Crippen molar-refractivity contribution in [2.75, 3.05) is 20.3 Å². The molecular formula is C29H27N3O4S. The van der Waals surface area contributed by atoms with E-state index in [1.165, 1.54) is 24.2 Å². The van der Waals surface area contributed by atoms with Crippen molar-refractivity contribution in [1.29, 1.82) is 5.26 Å². The first-order valence-electron chi connectivity index (χ1n) is 12.3. The summed E-state index contributed by atoms with van der Waals surface area (Å²) in [6.45, 7) is 1.13. The SMILES string of the molecule is COc1cccc(/C=C/c2nc3sccn3c(=O)c2-c2ccc(OCCCC#N)cc2)c1OCC1CC1. The molecule has 0 unspecified atom stereocenters. The number of nitrogens with zero attached hydrogens (tertiary/aromatic N) is 3. The summed E-state index contributed by atoms with van der Waals surface area (Å²) in [5.41, 5.74) is 2.56. The first kappa shape index (κ1) is 24.6. The smallest absolute Gasteiger partial charge is 0.266 e. The summed E-state index contributed by atoms with van der Waals surface area (Å²) >= 11 is 1.41. The zero-order valence-corrected chi connectivity index (χ0v) is 21.4. The molecule has 0 saturated heterocycles. The summed E-state index contributed by atoms with van der Waals surface area (Å²) in [6.07, 6.45) is 9.05. The lowest BCUT2D eigenvalue weighted by Crippen LogP contribution is -2.17. The van der Waals surface area contributed by atoms with E-state index in [1.54, 1.807) is 17.7 Å². The van der Waals surface area contributed by atoms with Crippen LogP contribution in [0.4, 0.5) is 0 Å². The highest BCUT2D eigenvalue weighted by atomic mass is 32.1. The van der Waals surface area contributed by atoms with Gasteiger partial charge in [-0.05, 0) is 61.1 Å². The minimum Gasteiger partial charge on any atom is -0.494 e. The monoisotopic (exact) mass is 513 g/mol. The fraction of sp³-hybridized carbons (Fsp3) is 0.276. The lowest BCUT2D eigenvalue weighted by molar-refractivity contribution is 0.280. The second kappa shape index (κ2) is 11.3. The molecule has 1 fully saturated rings. The van der Waals surface area contributed by atoms with E-state index in [1.807, 2.05) is 60.0 Å². The molecule has 5 rings (SSSR count). The Kier molecular flexibility index (Phi) is 7.52. The number of para-hydroxylation sites is 1. The van der Waals surface area contributed by atoms with E-state index in [0.717, 1.165) is 11.1 Å². The van der Waals surface area contributed by atoms with Gasteiger partial charge in [-0.15, -0.1) is 11.3 Å². The molecule has 2 heterocycles. The average Bonchev–Trinajstić information content (AvgIpc) is 3.63. The largest absolute Gasteiger partial charge is 0.494 e. The maximum atomic E-state index is 13.5. The summed E-state index contributed by atoms with van der Waals surface area (Å²) in [6, 6.07) is 15.3. The van der Waals surface area contributed by atoms with E-state index in [-0.39, 0.29) is 5.56 Å². The number of benzene rings is 2.